The van der Waals surface area contributed by atoms with Crippen LogP contribution in [-0.4, -0.2) is 29.3 Å². The van der Waals surface area contributed by atoms with Crippen molar-refractivity contribution in [1.82, 2.24) is 10.2 Å². The Morgan fingerprint density at radius 2 is 1.30 bits per heavy atom. The second kappa shape index (κ2) is 12.6. The molecular weight excluding hydrogens is 408 g/mol. The van der Waals surface area contributed by atoms with E-state index in [2.05, 4.69) is 29.6 Å². The van der Waals surface area contributed by atoms with Gasteiger partial charge in [0.15, 0.2) is 0 Å². The highest BCUT2D eigenvalue weighted by molar-refractivity contribution is 5.88. The first-order chi connectivity index (χ1) is 16.1. The number of carbonyl (C=O) groups is 2. The summed E-state index contributed by atoms with van der Waals surface area (Å²) in [5.41, 5.74) is 3.21. The quantitative estimate of drug-likeness (QED) is 0.424. The predicted molar refractivity (Wildman–Crippen MR) is 134 cm³/mol. The maximum atomic E-state index is 13.8. The van der Waals surface area contributed by atoms with Crippen LogP contribution in [0.25, 0.3) is 0 Å². The summed E-state index contributed by atoms with van der Waals surface area (Å²) in [6, 6.07) is 29.7. The summed E-state index contributed by atoms with van der Waals surface area (Å²) >= 11 is 0. The van der Waals surface area contributed by atoms with Gasteiger partial charge in [0, 0.05) is 25.4 Å². The van der Waals surface area contributed by atoms with E-state index in [9.17, 15) is 9.59 Å². The van der Waals surface area contributed by atoms with Gasteiger partial charge in [-0.15, -0.1) is 0 Å². The molecular formula is C29H34N2O2. The van der Waals surface area contributed by atoms with E-state index >= 15 is 0 Å². The van der Waals surface area contributed by atoms with Crippen molar-refractivity contribution in [3.8, 4) is 0 Å². The molecule has 33 heavy (non-hydrogen) atoms. The van der Waals surface area contributed by atoms with Gasteiger partial charge >= 0.3 is 0 Å². The highest BCUT2D eigenvalue weighted by Gasteiger charge is 2.30. The number of benzene rings is 3. The molecule has 0 radical (unpaired) electrons. The molecule has 0 aliphatic heterocycles. The first kappa shape index (κ1) is 24.2. The first-order valence-electron chi connectivity index (χ1n) is 11.8. The fourth-order valence-electron chi connectivity index (χ4n) is 4.16. The van der Waals surface area contributed by atoms with Crippen LogP contribution in [0, 0.1) is 0 Å². The lowest BCUT2D eigenvalue weighted by molar-refractivity contribution is -0.141. The summed E-state index contributed by atoms with van der Waals surface area (Å²) in [6.07, 6.45) is 1.73. The molecule has 4 heteroatoms. The van der Waals surface area contributed by atoms with Crippen LogP contribution in [0.4, 0.5) is 0 Å². The van der Waals surface area contributed by atoms with Gasteiger partial charge in [0.2, 0.25) is 11.8 Å². The lowest BCUT2D eigenvalue weighted by Crippen LogP contribution is -2.49. The third-order valence-corrected chi connectivity index (χ3v) is 5.91. The Bertz CT molecular complexity index is 950. The molecule has 4 nitrogen and oxygen atoms in total. The molecule has 3 aromatic rings. The first-order valence-corrected chi connectivity index (χ1v) is 11.8. The van der Waals surface area contributed by atoms with E-state index in [-0.39, 0.29) is 17.7 Å². The lowest BCUT2D eigenvalue weighted by Gasteiger charge is -2.32. The lowest BCUT2D eigenvalue weighted by atomic mass is 9.88. The Morgan fingerprint density at radius 1 is 0.788 bits per heavy atom. The summed E-state index contributed by atoms with van der Waals surface area (Å²) in [4.78, 5) is 28.6. The van der Waals surface area contributed by atoms with E-state index in [1.807, 2.05) is 80.6 Å². The molecule has 0 saturated carbocycles. The third-order valence-electron chi connectivity index (χ3n) is 5.91. The second-order valence-corrected chi connectivity index (χ2v) is 8.30. The molecule has 3 aromatic carbocycles. The van der Waals surface area contributed by atoms with Crippen LogP contribution in [0.5, 0.6) is 0 Å². The van der Waals surface area contributed by atoms with Crippen molar-refractivity contribution in [2.45, 2.75) is 51.6 Å². The maximum absolute atomic E-state index is 13.8. The highest BCUT2D eigenvalue weighted by Crippen LogP contribution is 2.29. The molecule has 0 aromatic heterocycles. The largest absolute Gasteiger partial charge is 0.354 e. The maximum Gasteiger partial charge on any atom is 0.242 e. The minimum Gasteiger partial charge on any atom is -0.354 e. The summed E-state index contributed by atoms with van der Waals surface area (Å²) in [6.45, 7) is 5.01. The van der Waals surface area contributed by atoms with E-state index in [4.69, 9.17) is 0 Å². The van der Waals surface area contributed by atoms with Crippen LogP contribution in [0.3, 0.4) is 0 Å². The molecule has 0 unspecified atom stereocenters. The van der Waals surface area contributed by atoms with Crippen molar-refractivity contribution in [3.63, 3.8) is 0 Å². The van der Waals surface area contributed by atoms with Crippen molar-refractivity contribution >= 4 is 11.8 Å². The molecule has 1 atom stereocenters. The van der Waals surface area contributed by atoms with Crippen LogP contribution in [-0.2, 0) is 16.1 Å². The zero-order chi connectivity index (χ0) is 23.5. The second-order valence-electron chi connectivity index (χ2n) is 8.30. The molecule has 0 bridgehead atoms. The monoisotopic (exact) mass is 442 g/mol. The molecule has 0 fully saturated rings. The van der Waals surface area contributed by atoms with Gasteiger partial charge in [-0.25, -0.2) is 0 Å². The number of hydrogen-bond donors (Lipinski definition) is 1. The Kier molecular flexibility index (Phi) is 9.25. The molecule has 0 heterocycles. The van der Waals surface area contributed by atoms with Crippen molar-refractivity contribution in [3.05, 3.63) is 108 Å². The zero-order valence-corrected chi connectivity index (χ0v) is 19.6. The predicted octanol–water partition coefficient (Wildman–Crippen LogP) is 5.54. The van der Waals surface area contributed by atoms with Gasteiger partial charge in [-0.3, -0.25) is 9.59 Å². The SMILES string of the molecule is CCCNC(=O)[C@H](CC)N(Cc1ccccc1)C(=O)CC(c1ccccc1)c1ccccc1. The number of nitrogens with one attached hydrogen (secondary N) is 1. The summed E-state index contributed by atoms with van der Waals surface area (Å²) in [7, 11) is 0. The Balaban J connectivity index is 1.92. The number of rotatable bonds is 11. The van der Waals surface area contributed by atoms with Gasteiger partial charge in [-0.1, -0.05) is 105 Å². The molecule has 0 aliphatic rings. The summed E-state index contributed by atoms with van der Waals surface area (Å²) < 4.78 is 0. The van der Waals surface area contributed by atoms with Crippen LogP contribution in [0.2, 0.25) is 0 Å². The van der Waals surface area contributed by atoms with Crippen LogP contribution in [0.15, 0.2) is 91.0 Å². The van der Waals surface area contributed by atoms with Gasteiger partial charge in [0.05, 0.1) is 0 Å². The van der Waals surface area contributed by atoms with Gasteiger partial charge in [-0.2, -0.15) is 0 Å². The van der Waals surface area contributed by atoms with Crippen molar-refractivity contribution < 1.29 is 9.59 Å². The van der Waals surface area contributed by atoms with E-state index in [1.54, 1.807) is 4.90 Å². The number of hydrogen-bond acceptors (Lipinski definition) is 2. The average molecular weight is 443 g/mol. The summed E-state index contributed by atoms with van der Waals surface area (Å²) in [5, 5.41) is 2.99. The van der Waals surface area contributed by atoms with Crippen molar-refractivity contribution in [1.29, 1.82) is 0 Å². The minimum absolute atomic E-state index is 0.0185. The zero-order valence-electron chi connectivity index (χ0n) is 19.6. The van der Waals surface area contributed by atoms with Gasteiger partial charge in [0.1, 0.15) is 6.04 Å². The summed E-state index contributed by atoms with van der Waals surface area (Å²) in [5.74, 6) is -0.177. The van der Waals surface area contributed by atoms with E-state index in [0.717, 1.165) is 23.1 Å². The van der Waals surface area contributed by atoms with Gasteiger partial charge < -0.3 is 10.2 Å². The van der Waals surface area contributed by atoms with Crippen molar-refractivity contribution in [2.24, 2.45) is 0 Å². The molecule has 172 valence electrons. The van der Waals surface area contributed by atoms with Gasteiger partial charge in [-0.05, 0) is 29.5 Å². The van der Waals surface area contributed by atoms with Gasteiger partial charge in [0.25, 0.3) is 0 Å². The Morgan fingerprint density at radius 3 is 1.79 bits per heavy atom. The number of carbonyl (C=O) groups excluding carboxylic acids is 2. The number of amides is 2. The van der Waals surface area contributed by atoms with Crippen LogP contribution >= 0.6 is 0 Å². The topological polar surface area (TPSA) is 49.4 Å². The molecule has 1 N–H and O–H groups in total. The molecule has 0 spiro atoms. The van der Waals surface area contributed by atoms with E-state index in [0.29, 0.717) is 25.9 Å². The molecule has 3 rings (SSSR count). The van der Waals surface area contributed by atoms with E-state index in [1.165, 1.54) is 0 Å². The highest BCUT2D eigenvalue weighted by atomic mass is 16.2. The van der Waals surface area contributed by atoms with E-state index < -0.39 is 6.04 Å². The Hall–Kier alpha value is -3.40. The van der Waals surface area contributed by atoms with Crippen molar-refractivity contribution in [2.75, 3.05) is 6.54 Å². The third kappa shape index (κ3) is 6.79. The van der Waals surface area contributed by atoms with Crippen LogP contribution in [0.1, 0.15) is 55.7 Å². The minimum atomic E-state index is -0.503. The fraction of sp³-hybridized carbons (Fsp3) is 0.310. The standard InChI is InChI=1S/C29H34N2O2/c1-3-20-30-29(33)27(4-2)31(22-23-14-8-5-9-15-23)28(32)21-26(24-16-10-6-11-17-24)25-18-12-7-13-19-25/h5-19,26-27H,3-4,20-22H2,1-2H3,(H,30,33)/t27-/m0/s1. The van der Waals surface area contributed by atoms with Crippen LogP contribution < -0.4 is 5.32 Å². The smallest absolute Gasteiger partial charge is 0.242 e. The Labute approximate surface area is 197 Å². The average Bonchev–Trinajstić information content (AvgIpc) is 2.87. The fourth-order valence-corrected chi connectivity index (χ4v) is 4.16. The normalized spacial score (nSPS) is 11.7. The molecule has 2 amide bonds. The molecule has 0 saturated heterocycles. The number of nitrogens with zero attached hydrogens (tertiary/aromatic N) is 1. The molecule has 0 aliphatic carbocycles.